The topological polar surface area (TPSA) is 59.3 Å². The Labute approximate surface area is 151 Å². The van der Waals surface area contributed by atoms with Gasteiger partial charge in [-0.2, -0.15) is 5.10 Å². The summed E-state index contributed by atoms with van der Waals surface area (Å²) in [5.74, 6) is -0.602. The number of hydrogen-bond acceptors (Lipinski definition) is 3. The van der Waals surface area contributed by atoms with Gasteiger partial charge in [0.25, 0.3) is 5.91 Å². The van der Waals surface area contributed by atoms with E-state index < -0.39 is 0 Å². The second-order valence-corrected chi connectivity index (χ2v) is 5.95. The molecule has 0 spiro atoms. The van der Waals surface area contributed by atoms with Gasteiger partial charge < -0.3 is 4.57 Å². The maximum Gasteiger partial charge on any atom is 0.273 e. The normalized spacial score (nSPS) is 11.5. The van der Waals surface area contributed by atoms with Crippen molar-refractivity contribution < 1.29 is 9.18 Å². The van der Waals surface area contributed by atoms with Gasteiger partial charge in [-0.25, -0.2) is 9.82 Å². The standard InChI is InChI=1S/C20H19FN4O/c1-13-12-18(15(3)25(13)17-9-7-16(21)8-10-17)20(26)24-23-14(2)19-6-4-5-11-22-19/h4-12H,1-3H3,(H,24,26)/b23-14+. The number of benzene rings is 1. The highest BCUT2D eigenvalue weighted by molar-refractivity contribution is 6.00. The van der Waals surface area contributed by atoms with Crippen LogP contribution in [0.25, 0.3) is 5.69 Å². The van der Waals surface area contributed by atoms with Crippen molar-refractivity contribution in [2.24, 2.45) is 5.10 Å². The molecular weight excluding hydrogens is 331 g/mol. The van der Waals surface area contributed by atoms with Crippen LogP contribution in [0.3, 0.4) is 0 Å². The van der Waals surface area contributed by atoms with Crippen LogP contribution in [0, 0.1) is 19.7 Å². The van der Waals surface area contributed by atoms with Crippen molar-refractivity contribution in [3.63, 3.8) is 0 Å². The van der Waals surface area contributed by atoms with Crippen LogP contribution in [0.2, 0.25) is 0 Å². The molecule has 1 amide bonds. The summed E-state index contributed by atoms with van der Waals surface area (Å²) >= 11 is 0. The molecule has 0 bridgehead atoms. The number of halogens is 1. The molecule has 0 aliphatic carbocycles. The zero-order valence-corrected chi connectivity index (χ0v) is 14.8. The van der Waals surface area contributed by atoms with Gasteiger partial charge in [0, 0.05) is 23.3 Å². The number of rotatable bonds is 4. The van der Waals surface area contributed by atoms with Gasteiger partial charge in [-0.15, -0.1) is 0 Å². The summed E-state index contributed by atoms with van der Waals surface area (Å²) in [7, 11) is 0. The lowest BCUT2D eigenvalue weighted by Crippen LogP contribution is -2.20. The Hall–Kier alpha value is -3.28. The van der Waals surface area contributed by atoms with E-state index in [1.807, 2.05) is 36.6 Å². The fourth-order valence-electron chi connectivity index (χ4n) is 2.81. The summed E-state index contributed by atoms with van der Waals surface area (Å²) in [5.41, 5.74) is 6.85. The van der Waals surface area contributed by atoms with Crippen molar-refractivity contribution in [1.82, 2.24) is 15.0 Å². The molecule has 2 aromatic heterocycles. The van der Waals surface area contributed by atoms with Gasteiger partial charge in [0.05, 0.1) is 17.0 Å². The lowest BCUT2D eigenvalue weighted by molar-refractivity contribution is 0.0954. The van der Waals surface area contributed by atoms with Crippen LogP contribution in [0.4, 0.5) is 4.39 Å². The van der Waals surface area contributed by atoms with Crippen molar-refractivity contribution in [2.45, 2.75) is 20.8 Å². The average molecular weight is 350 g/mol. The first kappa shape index (κ1) is 17.5. The third-order valence-electron chi connectivity index (χ3n) is 4.12. The van der Waals surface area contributed by atoms with E-state index in [2.05, 4.69) is 15.5 Å². The number of hydrazone groups is 1. The second-order valence-electron chi connectivity index (χ2n) is 5.95. The number of pyridine rings is 1. The Morgan fingerprint density at radius 2 is 1.88 bits per heavy atom. The highest BCUT2D eigenvalue weighted by atomic mass is 19.1. The van der Waals surface area contributed by atoms with Crippen molar-refractivity contribution in [3.05, 3.63) is 83.2 Å². The SMILES string of the molecule is C/C(=N\NC(=O)c1cc(C)n(-c2ccc(F)cc2)c1C)c1ccccn1. The fourth-order valence-corrected chi connectivity index (χ4v) is 2.81. The third-order valence-corrected chi connectivity index (χ3v) is 4.12. The Morgan fingerprint density at radius 3 is 2.54 bits per heavy atom. The van der Waals surface area contributed by atoms with Crippen LogP contribution in [-0.2, 0) is 0 Å². The minimum atomic E-state index is -0.304. The maximum absolute atomic E-state index is 13.2. The smallest absolute Gasteiger partial charge is 0.273 e. The lowest BCUT2D eigenvalue weighted by Gasteiger charge is -2.09. The molecule has 6 heteroatoms. The minimum Gasteiger partial charge on any atom is -0.318 e. The van der Waals surface area contributed by atoms with E-state index in [1.54, 1.807) is 31.3 Å². The minimum absolute atomic E-state index is 0.298. The zero-order chi connectivity index (χ0) is 18.7. The third kappa shape index (κ3) is 3.54. The zero-order valence-electron chi connectivity index (χ0n) is 14.8. The molecule has 26 heavy (non-hydrogen) atoms. The Kier molecular flexibility index (Phi) is 4.93. The molecule has 0 atom stereocenters. The second kappa shape index (κ2) is 7.31. The first-order chi connectivity index (χ1) is 12.5. The molecule has 1 aromatic carbocycles. The fraction of sp³-hybridized carbons (Fsp3) is 0.150. The first-order valence-corrected chi connectivity index (χ1v) is 8.18. The molecule has 3 aromatic rings. The van der Waals surface area contributed by atoms with Gasteiger partial charge in [0.1, 0.15) is 5.82 Å². The van der Waals surface area contributed by atoms with Crippen LogP contribution in [-0.4, -0.2) is 21.2 Å². The van der Waals surface area contributed by atoms with Gasteiger partial charge in [-0.1, -0.05) is 6.07 Å². The van der Waals surface area contributed by atoms with Crippen LogP contribution in [0.5, 0.6) is 0 Å². The summed E-state index contributed by atoms with van der Waals surface area (Å²) in [6.07, 6.45) is 1.67. The molecule has 2 heterocycles. The monoisotopic (exact) mass is 350 g/mol. The molecule has 3 rings (SSSR count). The quantitative estimate of drug-likeness (QED) is 0.575. The number of aryl methyl sites for hydroxylation is 1. The van der Waals surface area contributed by atoms with Crippen LogP contribution >= 0.6 is 0 Å². The van der Waals surface area contributed by atoms with E-state index in [-0.39, 0.29) is 11.7 Å². The number of amides is 1. The number of hydrogen-bond donors (Lipinski definition) is 1. The first-order valence-electron chi connectivity index (χ1n) is 8.18. The number of aromatic nitrogens is 2. The summed E-state index contributed by atoms with van der Waals surface area (Å²) in [5, 5.41) is 4.13. The number of carbonyl (C=O) groups is 1. The molecule has 0 fully saturated rings. The van der Waals surface area contributed by atoms with Gasteiger partial charge >= 0.3 is 0 Å². The molecule has 0 aliphatic heterocycles. The summed E-state index contributed by atoms with van der Waals surface area (Å²) < 4.78 is 15.1. The van der Waals surface area contributed by atoms with E-state index >= 15 is 0 Å². The van der Waals surface area contributed by atoms with E-state index in [1.165, 1.54) is 12.1 Å². The van der Waals surface area contributed by atoms with E-state index in [9.17, 15) is 9.18 Å². The maximum atomic E-state index is 13.2. The van der Waals surface area contributed by atoms with Gasteiger partial charge in [0.15, 0.2) is 0 Å². The van der Waals surface area contributed by atoms with E-state index in [0.717, 1.165) is 17.1 Å². The van der Waals surface area contributed by atoms with Gasteiger partial charge in [-0.05, 0) is 63.2 Å². The van der Waals surface area contributed by atoms with Gasteiger partial charge in [0.2, 0.25) is 0 Å². The number of nitrogens with zero attached hydrogens (tertiary/aromatic N) is 3. The number of nitrogens with one attached hydrogen (secondary N) is 1. The molecule has 0 saturated carbocycles. The summed E-state index contributed by atoms with van der Waals surface area (Å²) in [6, 6.07) is 13.5. The molecule has 0 radical (unpaired) electrons. The predicted octanol–water partition coefficient (Wildman–Crippen LogP) is 3.78. The van der Waals surface area contributed by atoms with Crippen molar-refractivity contribution in [2.75, 3.05) is 0 Å². The average Bonchev–Trinajstić information content (AvgIpc) is 2.95. The molecule has 1 N–H and O–H groups in total. The lowest BCUT2D eigenvalue weighted by atomic mass is 10.2. The Morgan fingerprint density at radius 1 is 1.15 bits per heavy atom. The van der Waals surface area contributed by atoms with Crippen molar-refractivity contribution >= 4 is 11.6 Å². The van der Waals surface area contributed by atoms with E-state index in [4.69, 9.17) is 0 Å². The molecule has 0 aliphatic rings. The summed E-state index contributed by atoms with van der Waals surface area (Å²) in [6.45, 7) is 5.53. The van der Waals surface area contributed by atoms with E-state index in [0.29, 0.717) is 17.0 Å². The highest BCUT2D eigenvalue weighted by Gasteiger charge is 2.16. The number of carbonyl (C=O) groups excluding carboxylic acids is 1. The predicted molar refractivity (Wildman–Crippen MR) is 99.1 cm³/mol. The Bertz CT molecular complexity index is 959. The largest absolute Gasteiger partial charge is 0.318 e. The highest BCUT2D eigenvalue weighted by Crippen LogP contribution is 2.21. The van der Waals surface area contributed by atoms with Crippen molar-refractivity contribution in [1.29, 1.82) is 0 Å². The van der Waals surface area contributed by atoms with Crippen LogP contribution < -0.4 is 5.43 Å². The van der Waals surface area contributed by atoms with Crippen LogP contribution in [0.1, 0.15) is 34.4 Å². The molecule has 132 valence electrons. The molecule has 5 nitrogen and oxygen atoms in total. The Balaban J connectivity index is 1.85. The van der Waals surface area contributed by atoms with Crippen LogP contribution in [0.15, 0.2) is 59.8 Å². The summed E-state index contributed by atoms with van der Waals surface area (Å²) in [4.78, 5) is 16.7. The molecule has 0 saturated heterocycles. The van der Waals surface area contributed by atoms with Crippen molar-refractivity contribution in [3.8, 4) is 5.69 Å². The van der Waals surface area contributed by atoms with Gasteiger partial charge in [-0.3, -0.25) is 9.78 Å². The molecular formula is C20H19FN4O. The molecule has 0 unspecified atom stereocenters.